The van der Waals surface area contributed by atoms with Crippen LogP contribution in [0.15, 0.2) is 23.0 Å². The molecule has 5 nitrogen and oxygen atoms in total. The maximum absolute atomic E-state index is 12.6. The van der Waals surface area contributed by atoms with Crippen molar-refractivity contribution in [1.82, 2.24) is 14.8 Å². The highest BCUT2D eigenvalue weighted by molar-refractivity contribution is 5.74. The standard InChI is InChI=1S/C18H25N3O2/c22-17-8-4-7-16-14-9-13(11-21(16)17)10-20(12-14)18(23)19-15-5-2-1-3-6-15/h4,7-8,13-15H,1-3,5-6,9-12H2,(H,19,23)/t13?,14-/m0/s1. The molecule has 1 aliphatic carbocycles. The highest BCUT2D eigenvalue weighted by Crippen LogP contribution is 2.35. The van der Waals surface area contributed by atoms with Gasteiger partial charge in [0, 0.05) is 43.4 Å². The van der Waals surface area contributed by atoms with Gasteiger partial charge in [-0.25, -0.2) is 4.79 Å². The predicted octanol–water partition coefficient (Wildman–Crippen LogP) is 2.31. The molecule has 0 radical (unpaired) electrons. The molecule has 23 heavy (non-hydrogen) atoms. The summed E-state index contributed by atoms with van der Waals surface area (Å²) in [5.74, 6) is 0.701. The van der Waals surface area contributed by atoms with Crippen LogP contribution in [-0.2, 0) is 6.54 Å². The van der Waals surface area contributed by atoms with Crippen molar-refractivity contribution in [3.63, 3.8) is 0 Å². The van der Waals surface area contributed by atoms with E-state index in [1.54, 1.807) is 6.07 Å². The molecule has 5 heteroatoms. The van der Waals surface area contributed by atoms with Crippen molar-refractivity contribution >= 4 is 6.03 Å². The van der Waals surface area contributed by atoms with Crippen LogP contribution in [-0.4, -0.2) is 34.6 Å². The SMILES string of the molecule is O=C(NC1CCCCC1)N1CC2C[C@@H](C1)c1cccc(=O)n1C2. The third-order valence-electron chi connectivity index (χ3n) is 5.70. The molecule has 2 bridgehead atoms. The second-order valence-corrected chi connectivity index (χ2v) is 7.39. The molecule has 3 heterocycles. The number of hydrogen-bond acceptors (Lipinski definition) is 2. The molecule has 1 aromatic rings. The summed E-state index contributed by atoms with van der Waals surface area (Å²) in [5, 5.41) is 3.23. The first-order valence-corrected chi connectivity index (χ1v) is 8.96. The van der Waals surface area contributed by atoms with Crippen LogP contribution < -0.4 is 10.9 Å². The normalized spacial score (nSPS) is 27.4. The van der Waals surface area contributed by atoms with Gasteiger partial charge < -0.3 is 14.8 Å². The Kier molecular flexibility index (Phi) is 3.87. The zero-order valence-corrected chi connectivity index (χ0v) is 13.5. The molecule has 2 fully saturated rings. The minimum atomic E-state index is 0.0947. The number of nitrogens with zero attached hydrogens (tertiary/aromatic N) is 2. The van der Waals surface area contributed by atoms with Crippen LogP contribution in [0.4, 0.5) is 4.79 Å². The zero-order chi connectivity index (χ0) is 15.8. The Balaban J connectivity index is 1.47. The maximum Gasteiger partial charge on any atom is 0.317 e. The second kappa shape index (κ2) is 6.02. The topological polar surface area (TPSA) is 54.3 Å². The Bertz CT molecular complexity index is 648. The van der Waals surface area contributed by atoms with E-state index >= 15 is 0 Å². The van der Waals surface area contributed by atoms with Crippen molar-refractivity contribution < 1.29 is 4.79 Å². The number of urea groups is 1. The van der Waals surface area contributed by atoms with Crippen LogP contribution in [0.1, 0.15) is 50.1 Å². The molecule has 124 valence electrons. The summed E-state index contributed by atoms with van der Waals surface area (Å²) in [4.78, 5) is 26.6. The number of likely N-dealkylation sites (tertiary alicyclic amines) is 1. The first kappa shape index (κ1) is 14.8. The maximum atomic E-state index is 12.6. The zero-order valence-electron chi connectivity index (χ0n) is 13.5. The van der Waals surface area contributed by atoms with Crippen LogP contribution in [0.25, 0.3) is 0 Å². The van der Waals surface area contributed by atoms with E-state index in [0.717, 1.165) is 44.6 Å². The van der Waals surface area contributed by atoms with E-state index < -0.39 is 0 Å². The van der Waals surface area contributed by atoms with Crippen molar-refractivity contribution in [3.05, 3.63) is 34.2 Å². The average molecular weight is 315 g/mol. The number of rotatable bonds is 1. The summed E-state index contributed by atoms with van der Waals surface area (Å²) in [7, 11) is 0. The summed E-state index contributed by atoms with van der Waals surface area (Å²) in [6, 6.07) is 5.98. The van der Waals surface area contributed by atoms with Gasteiger partial charge in [-0.2, -0.15) is 0 Å². The number of nitrogens with one attached hydrogen (secondary N) is 1. The van der Waals surface area contributed by atoms with Crippen LogP contribution in [0.3, 0.4) is 0 Å². The van der Waals surface area contributed by atoms with Gasteiger partial charge in [0.15, 0.2) is 0 Å². The number of fused-ring (bicyclic) bond motifs is 4. The van der Waals surface area contributed by atoms with Gasteiger partial charge in [0.2, 0.25) is 0 Å². The average Bonchev–Trinajstić information content (AvgIpc) is 2.57. The van der Waals surface area contributed by atoms with Gasteiger partial charge in [-0.3, -0.25) is 4.79 Å². The molecular weight excluding hydrogens is 290 g/mol. The van der Waals surface area contributed by atoms with Gasteiger partial charge >= 0.3 is 6.03 Å². The fourth-order valence-electron chi connectivity index (χ4n) is 4.58. The smallest absolute Gasteiger partial charge is 0.317 e. The first-order valence-electron chi connectivity index (χ1n) is 8.96. The van der Waals surface area contributed by atoms with E-state index in [1.807, 2.05) is 21.6 Å². The Labute approximate surface area is 136 Å². The summed E-state index contributed by atoms with van der Waals surface area (Å²) in [6.07, 6.45) is 7.08. The molecular formula is C18H25N3O2. The van der Waals surface area contributed by atoms with E-state index in [1.165, 1.54) is 19.3 Å². The van der Waals surface area contributed by atoms with Crippen molar-refractivity contribution in [2.45, 2.75) is 57.0 Å². The summed E-state index contributed by atoms with van der Waals surface area (Å²) >= 11 is 0. The molecule has 4 rings (SSSR count). The minimum absolute atomic E-state index is 0.0947. The summed E-state index contributed by atoms with van der Waals surface area (Å²) < 4.78 is 1.91. The molecule has 1 unspecified atom stereocenters. The molecule has 3 aliphatic rings. The van der Waals surface area contributed by atoms with E-state index in [2.05, 4.69) is 5.32 Å². The number of pyridine rings is 1. The largest absolute Gasteiger partial charge is 0.335 e. The quantitative estimate of drug-likeness (QED) is 0.864. The van der Waals surface area contributed by atoms with E-state index in [0.29, 0.717) is 17.9 Å². The number of hydrogen-bond donors (Lipinski definition) is 1. The van der Waals surface area contributed by atoms with Crippen LogP contribution in [0.2, 0.25) is 0 Å². The molecule has 1 saturated carbocycles. The van der Waals surface area contributed by atoms with Gasteiger partial charge in [0.1, 0.15) is 0 Å². The lowest BCUT2D eigenvalue weighted by atomic mass is 9.83. The number of piperidine rings is 1. The molecule has 0 spiro atoms. The molecule has 1 N–H and O–H groups in total. The highest BCUT2D eigenvalue weighted by atomic mass is 16.2. The van der Waals surface area contributed by atoms with Gasteiger partial charge in [-0.15, -0.1) is 0 Å². The molecule has 2 atom stereocenters. The van der Waals surface area contributed by atoms with Crippen molar-refractivity contribution in [2.24, 2.45) is 5.92 Å². The van der Waals surface area contributed by atoms with Gasteiger partial charge in [0.25, 0.3) is 5.56 Å². The lowest BCUT2D eigenvalue weighted by molar-refractivity contribution is 0.127. The van der Waals surface area contributed by atoms with Gasteiger partial charge in [-0.05, 0) is 31.2 Å². The Morgan fingerprint density at radius 3 is 2.74 bits per heavy atom. The van der Waals surface area contributed by atoms with E-state index in [4.69, 9.17) is 0 Å². The van der Waals surface area contributed by atoms with Gasteiger partial charge in [-0.1, -0.05) is 25.3 Å². The summed E-state index contributed by atoms with van der Waals surface area (Å²) in [5.41, 5.74) is 1.20. The minimum Gasteiger partial charge on any atom is -0.335 e. The van der Waals surface area contributed by atoms with Crippen LogP contribution in [0.5, 0.6) is 0 Å². The van der Waals surface area contributed by atoms with Gasteiger partial charge in [0.05, 0.1) is 0 Å². The molecule has 2 aliphatic heterocycles. The number of carbonyl (C=O) groups excluding carboxylic acids is 1. The third kappa shape index (κ3) is 2.89. The fourth-order valence-corrected chi connectivity index (χ4v) is 4.58. The van der Waals surface area contributed by atoms with Crippen molar-refractivity contribution in [2.75, 3.05) is 13.1 Å². The molecule has 1 saturated heterocycles. The molecule has 1 aromatic heterocycles. The predicted molar refractivity (Wildman–Crippen MR) is 88.5 cm³/mol. The summed E-state index contributed by atoms with van der Waals surface area (Å²) in [6.45, 7) is 2.26. The second-order valence-electron chi connectivity index (χ2n) is 7.39. The molecule has 2 amide bonds. The Hall–Kier alpha value is -1.78. The number of aromatic nitrogens is 1. The Morgan fingerprint density at radius 1 is 1.09 bits per heavy atom. The lowest BCUT2D eigenvalue weighted by Gasteiger charge is -2.43. The molecule has 0 aromatic carbocycles. The van der Waals surface area contributed by atoms with Crippen LogP contribution in [0, 0.1) is 5.92 Å². The van der Waals surface area contributed by atoms with E-state index in [-0.39, 0.29) is 11.6 Å². The number of amides is 2. The lowest BCUT2D eigenvalue weighted by Crippen LogP contribution is -2.53. The van der Waals surface area contributed by atoms with E-state index in [9.17, 15) is 9.59 Å². The third-order valence-corrected chi connectivity index (χ3v) is 5.70. The van der Waals surface area contributed by atoms with Crippen LogP contribution >= 0.6 is 0 Å². The Morgan fingerprint density at radius 2 is 1.91 bits per heavy atom. The highest BCUT2D eigenvalue weighted by Gasteiger charge is 2.36. The first-order chi connectivity index (χ1) is 11.2. The number of carbonyl (C=O) groups is 1. The fraction of sp³-hybridized carbons (Fsp3) is 0.667. The van der Waals surface area contributed by atoms with Crippen molar-refractivity contribution in [3.8, 4) is 0 Å². The van der Waals surface area contributed by atoms with Crippen molar-refractivity contribution in [1.29, 1.82) is 0 Å². The monoisotopic (exact) mass is 315 g/mol.